The van der Waals surface area contributed by atoms with Crippen molar-refractivity contribution in [3.63, 3.8) is 0 Å². The molecule has 0 spiro atoms. The number of aliphatic imine (C=N–C) groups is 1. The van der Waals surface area contributed by atoms with E-state index in [-0.39, 0.29) is 11.3 Å². The predicted molar refractivity (Wildman–Crippen MR) is 100 cm³/mol. The van der Waals surface area contributed by atoms with Gasteiger partial charge in [-0.3, -0.25) is 4.79 Å². The molecule has 0 fully saturated rings. The van der Waals surface area contributed by atoms with E-state index >= 15 is 0 Å². The summed E-state index contributed by atoms with van der Waals surface area (Å²) in [7, 11) is 0. The average molecular weight is 351 g/mol. The van der Waals surface area contributed by atoms with Crippen molar-refractivity contribution in [2.75, 3.05) is 19.6 Å². The third-order valence-corrected chi connectivity index (χ3v) is 3.66. The van der Waals surface area contributed by atoms with Gasteiger partial charge in [-0.25, -0.2) is 9.98 Å². The molecule has 3 N–H and O–H groups in total. The zero-order valence-electron chi connectivity index (χ0n) is 16.6. The fourth-order valence-corrected chi connectivity index (χ4v) is 2.00. The average Bonchev–Trinajstić information content (AvgIpc) is 2.99. The van der Waals surface area contributed by atoms with Crippen molar-refractivity contribution in [1.82, 2.24) is 20.9 Å². The molecule has 1 heterocycles. The lowest BCUT2D eigenvalue weighted by Gasteiger charge is -2.24. The van der Waals surface area contributed by atoms with Gasteiger partial charge in [-0.2, -0.15) is 0 Å². The molecule has 0 unspecified atom stereocenters. The number of hydrogen-bond acceptors (Lipinski definition) is 4. The third kappa shape index (κ3) is 6.76. The van der Waals surface area contributed by atoms with Crippen LogP contribution in [0.4, 0.5) is 0 Å². The van der Waals surface area contributed by atoms with Crippen molar-refractivity contribution in [1.29, 1.82) is 0 Å². The summed E-state index contributed by atoms with van der Waals surface area (Å²) in [6.07, 6.45) is 1.75. The van der Waals surface area contributed by atoms with Crippen LogP contribution < -0.4 is 16.0 Å². The lowest BCUT2D eigenvalue weighted by atomic mass is 9.92. The number of hydrogen-bond donors (Lipinski definition) is 3. The Morgan fingerprint density at radius 1 is 1.12 bits per heavy atom. The van der Waals surface area contributed by atoms with Crippen molar-refractivity contribution >= 4 is 11.9 Å². The minimum absolute atomic E-state index is 0.0147. The maximum absolute atomic E-state index is 12.1. The molecule has 0 radical (unpaired) electrons. The van der Waals surface area contributed by atoms with Gasteiger partial charge in [-0.05, 0) is 27.7 Å². The Hall–Kier alpha value is -2.05. The standard InChI is InChI=1S/C18H33N5O2/c1-8-19-15(24)18(6,7)12-23-16(20-9-2)22-11-14-21-10-13(25-14)17(3,4)5/h10H,8-9,11-12H2,1-7H3,(H,19,24)(H2,20,22,23). The quantitative estimate of drug-likeness (QED) is 0.517. The summed E-state index contributed by atoms with van der Waals surface area (Å²) in [5, 5.41) is 9.24. The molecule has 0 atom stereocenters. The second kappa shape index (κ2) is 8.87. The van der Waals surface area contributed by atoms with Gasteiger partial charge in [0, 0.05) is 25.0 Å². The molecule has 1 amide bonds. The number of amides is 1. The Bertz CT molecular complexity index is 585. The smallest absolute Gasteiger partial charge is 0.227 e. The largest absolute Gasteiger partial charge is 0.443 e. The van der Waals surface area contributed by atoms with E-state index in [1.54, 1.807) is 6.20 Å². The van der Waals surface area contributed by atoms with Crippen molar-refractivity contribution < 1.29 is 9.21 Å². The van der Waals surface area contributed by atoms with Gasteiger partial charge in [0.1, 0.15) is 12.3 Å². The summed E-state index contributed by atoms with van der Waals surface area (Å²) in [5.74, 6) is 2.06. The molecule has 7 heteroatoms. The fraction of sp³-hybridized carbons (Fsp3) is 0.722. The van der Waals surface area contributed by atoms with Crippen LogP contribution in [0.15, 0.2) is 15.6 Å². The predicted octanol–water partition coefficient (Wildman–Crippen LogP) is 2.19. The van der Waals surface area contributed by atoms with Crippen molar-refractivity contribution in [3.05, 3.63) is 17.8 Å². The first-order valence-corrected chi connectivity index (χ1v) is 8.85. The third-order valence-electron chi connectivity index (χ3n) is 3.66. The zero-order chi connectivity index (χ0) is 19.1. The highest BCUT2D eigenvalue weighted by atomic mass is 16.4. The number of rotatable bonds is 7. The molecule has 1 aromatic rings. The number of guanidine groups is 1. The Morgan fingerprint density at radius 3 is 2.28 bits per heavy atom. The first-order valence-electron chi connectivity index (χ1n) is 8.85. The van der Waals surface area contributed by atoms with E-state index in [9.17, 15) is 4.79 Å². The number of nitrogens with one attached hydrogen (secondary N) is 3. The lowest BCUT2D eigenvalue weighted by molar-refractivity contribution is -0.128. The molecule has 1 aromatic heterocycles. The number of carbonyl (C=O) groups excluding carboxylic acids is 1. The van der Waals surface area contributed by atoms with E-state index in [4.69, 9.17) is 4.42 Å². The summed E-state index contributed by atoms with van der Waals surface area (Å²) in [6, 6.07) is 0. The Kier molecular flexibility index (Phi) is 7.45. The van der Waals surface area contributed by atoms with Crippen LogP contribution >= 0.6 is 0 Å². The lowest BCUT2D eigenvalue weighted by Crippen LogP contribution is -2.47. The number of oxazole rings is 1. The van der Waals surface area contributed by atoms with Crippen LogP contribution in [0.1, 0.15) is 60.1 Å². The van der Waals surface area contributed by atoms with Crippen LogP contribution in [-0.2, 0) is 16.8 Å². The topological polar surface area (TPSA) is 91.5 Å². The normalized spacial score (nSPS) is 12.8. The van der Waals surface area contributed by atoms with Crippen molar-refractivity contribution in [2.24, 2.45) is 10.4 Å². The summed E-state index contributed by atoms with van der Waals surface area (Å²) in [6.45, 7) is 16.1. The van der Waals surface area contributed by atoms with Gasteiger partial charge in [0.25, 0.3) is 0 Å². The Labute approximate surface area is 151 Å². The first-order chi connectivity index (χ1) is 11.6. The Balaban J connectivity index is 2.71. The highest BCUT2D eigenvalue weighted by Gasteiger charge is 2.27. The molecule has 0 aliphatic heterocycles. The van der Waals surface area contributed by atoms with Crippen molar-refractivity contribution in [2.45, 2.75) is 60.4 Å². The first kappa shape index (κ1) is 21.0. The molecule has 1 rings (SSSR count). The summed E-state index contributed by atoms with van der Waals surface area (Å²) >= 11 is 0. The number of aromatic nitrogens is 1. The van der Waals surface area contributed by atoms with Gasteiger partial charge in [0.05, 0.1) is 11.6 Å². The van der Waals surface area contributed by atoms with Gasteiger partial charge < -0.3 is 20.4 Å². The van der Waals surface area contributed by atoms with Crippen LogP contribution in [0.5, 0.6) is 0 Å². The number of nitrogens with zero attached hydrogens (tertiary/aromatic N) is 2. The molecule has 0 aromatic carbocycles. The molecule has 25 heavy (non-hydrogen) atoms. The molecule has 142 valence electrons. The van der Waals surface area contributed by atoms with Crippen LogP contribution in [0, 0.1) is 5.41 Å². The van der Waals surface area contributed by atoms with E-state index in [1.807, 2.05) is 27.7 Å². The highest BCUT2D eigenvalue weighted by molar-refractivity contribution is 5.84. The molecular formula is C18H33N5O2. The van der Waals surface area contributed by atoms with Crippen LogP contribution in [0.3, 0.4) is 0 Å². The van der Waals surface area contributed by atoms with E-state index in [0.29, 0.717) is 31.5 Å². The second-order valence-corrected chi connectivity index (χ2v) is 7.66. The van der Waals surface area contributed by atoms with Crippen LogP contribution in [0.2, 0.25) is 0 Å². The van der Waals surface area contributed by atoms with Gasteiger partial charge in [-0.15, -0.1) is 0 Å². The maximum atomic E-state index is 12.1. The Morgan fingerprint density at radius 2 is 1.76 bits per heavy atom. The SMILES string of the molecule is CCNC(=O)C(C)(C)CNC(=NCc1ncc(C(C)(C)C)o1)NCC. The van der Waals surface area contributed by atoms with Gasteiger partial charge in [0.2, 0.25) is 11.8 Å². The van der Waals surface area contributed by atoms with Gasteiger partial charge >= 0.3 is 0 Å². The molecule has 0 aliphatic carbocycles. The van der Waals surface area contributed by atoms with Crippen LogP contribution in [-0.4, -0.2) is 36.5 Å². The molecule has 0 aliphatic rings. The zero-order valence-corrected chi connectivity index (χ0v) is 16.6. The van der Waals surface area contributed by atoms with E-state index in [0.717, 1.165) is 12.3 Å². The molecule has 0 bridgehead atoms. The second-order valence-electron chi connectivity index (χ2n) is 7.66. The van der Waals surface area contributed by atoms with E-state index in [1.165, 1.54) is 0 Å². The maximum Gasteiger partial charge on any atom is 0.227 e. The summed E-state index contributed by atoms with van der Waals surface area (Å²) < 4.78 is 5.75. The van der Waals surface area contributed by atoms with E-state index in [2.05, 4.69) is 46.7 Å². The number of carbonyl (C=O) groups is 1. The highest BCUT2D eigenvalue weighted by Crippen LogP contribution is 2.22. The minimum Gasteiger partial charge on any atom is -0.443 e. The summed E-state index contributed by atoms with van der Waals surface area (Å²) in [4.78, 5) is 20.9. The monoisotopic (exact) mass is 351 g/mol. The van der Waals surface area contributed by atoms with Crippen LogP contribution in [0.25, 0.3) is 0 Å². The van der Waals surface area contributed by atoms with Gasteiger partial charge in [-0.1, -0.05) is 20.8 Å². The minimum atomic E-state index is -0.533. The van der Waals surface area contributed by atoms with Gasteiger partial charge in [0.15, 0.2) is 5.96 Å². The molecular weight excluding hydrogens is 318 g/mol. The molecule has 0 saturated carbocycles. The van der Waals surface area contributed by atoms with E-state index < -0.39 is 5.41 Å². The fourth-order valence-electron chi connectivity index (χ4n) is 2.00. The molecule has 7 nitrogen and oxygen atoms in total. The summed E-state index contributed by atoms with van der Waals surface area (Å²) in [5.41, 5.74) is -0.608. The molecule has 0 saturated heterocycles. The van der Waals surface area contributed by atoms with Crippen molar-refractivity contribution in [3.8, 4) is 0 Å².